The van der Waals surface area contributed by atoms with Gasteiger partial charge >= 0.3 is 0 Å². The van der Waals surface area contributed by atoms with Crippen molar-refractivity contribution in [2.24, 2.45) is 0 Å². The minimum absolute atomic E-state index is 0.106. The second kappa shape index (κ2) is 9.45. The fourth-order valence-electron chi connectivity index (χ4n) is 1.87. The lowest BCUT2D eigenvalue weighted by atomic mass is 10.4. The first-order chi connectivity index (χ1) is 12.1. The summed E-state index contributed by atoms with van der Waals surface area (Å²) in [5.41, 5.74) is 0. The molecular formula is C18H18N2O4S. The van der Waals surface area contributed by atoms with Gasteiger partial charge in [0.15, 0.2) is 9.84 Å². The number of carbonyl (C=O) groups is 1. The van der Waals surface area contributed by atoms with E-state index in [4.69, 9.17) is 4.74 Å². The number of nitrogens with one attached hydrogen (secondary N) is 1. The molecule has 0 unspecified atom stereocenters. The molecule has 1 aromatic heterocycles. The normalized spacial score (nSPS) is 10.4. The molecule has 0 spiro atoms. The number of hydrogen-bond donors (Lipinski definition) is 1. The van der Waals surface area contributed by atoms with E-state index in [2.05, 4.69) is 22.1 Å². The number of ether oxygens (including phenoxy) is 1. The Morgan fingerprint density at radius 3 is 2.64 bits per heavy atom. The average molecular weight is 358 g/mol. The maximum absolute atomic E-state index is 12.1. The summed E-state index contributed by atoms with van der Waals surface area (Å²) in [4.78, 5) is 15.8. The highest BCUT2D eigenvalue weighted by Crippen LogP contribution is 2.10. The lowest BCUT2D eigenvalue weighted by molar-refractivity contribution is -0.120. The number of sulfone groups is 1. The van der Waals surface area contributed by atoms with E-state index in [0.717, 1.165) is 0 Å². The third kappa shape index (κ3) is 6.65. The quantitative estimate of drug-likeness (QED) is 0.757. The van der Waals surface area contributed by atoms with Crippen molar-refractivity contribution in [3.05, 3.63) is 54.9 Å². The van der Waals surface area contributed by atoms with Crippen molar-refractivity contribution in [1.82, 2.24) is 10.3 Å². The van der Waals surface area contributed by atoms with Crippen molar-refractivity contribution in [3.8, 4) is 17.6 Å². The van der Waals surface area contributed by atoms with Crippen LogP contribution < -0.4 is 10.1 Å². The first-order valence-corrected chi connectivity index (χ1v) is 9.26. The molecule has 0 aliphatic heterocycles. The zero-order chi connectivity index (χ0) is 18.0. The van der Waals surface area contributed by atoms with Gasteiger partial charge in [0.1, 0.15) is 12.4 Å². The maximum atomic E-state index is 12.1. The van der Waals surface area contributed by atoms with Gasteiger partial charge in [-0.05, 0) is 24.3 Å². The minimum Gasteiger partial charge on any atom is -0.479 e. The molecule has 7 heteroatoms. The molecule has 0 aliphatic rings. The van der Waals surface area contributed by atoms with Gasteiger partial charge in [0, 0.05) is 12.6 Å². The monoisotopic (exact) mass is 358 g/mol. The Balaban J connectivity index is 1.67. The van der Waals surface area contributed by atoms with Crippen molar-refractivity contribution in [1.29, 1.82) is 0 Å². The van der Waals surface area contributed by atoms with Crippen molar-refractivity contribution >= 4 is 15.7 Å². The van der Waals surface area contributed by atoms with Crippen LogP contribution in [0.25, 0.3) is 0 Å². The summed E-state index contributed by atoms with van der Waals surface area (Å²) >= 11 is 0. The molecule has 0 fully saturated rings. The molecule has 1 amide bonds. The SMILES string of the molecule is O=C(CCS(=O)(=O)c1ccccc1)NCC#CCOc1cccnc1. The average Bonchev–Trinajstić information content (AvgIpc) is 2.64. The molecule has 0 saturated heterocycles. The fourth-order valence-corrected chi connectivity index (χ4v) is 3.13. The van der Waals surface area contributed by atoms with E-state index in [-0.39, 0.29) is 36.1 Å². The van der Waals surface area contributed by atoms with E-state index >= 15 is 0 Å². The second-order valence-corrected chi connectivity index (χ2v) is 7.10. The largest absolute Gasteiger partial charge is 0.479 e. The third-order valence-corrected chi connectivity index (χ3v) is 4.88. The molecular weight excluding hydrogens is 340 g/mol. The molecule has 1 N–H and O–H groups in total. The van der Waals surface area contributed by atoms with Crippen LogP contribution in [-0.2, 0) is 14.6 Å². The minimum atomic E-state index is -3.45. The van der Waals surface area contributed by atoms with Crippen LogP contribution >= 0.6 is 0 Å². The van der Waals surface area contributed by atoms with Gasteiger partial charge in [-0.25, -0.2) is 8.42 Å². The van der Waals surface area contributed by atoms with E-state index in [1.807, 2.05) is 0 Å². The Hall–Kier alpha value is -2.85. The number of hydrogen-bond acceptors (Lipinski definition) is 5. The number of pyridine rings is 1. The van der Waals surface area contributed by atoms with Crippen LogP contribution in [0, 0.1) is 11.8 Å². The molecule has 0 bridgehead atoms. The van der Waals surface area contributed by atoms with E-state index < -0.39 is 9.84 Å². The van der Waals surface area contributed by atoms with Gasteiger partial charge in [-0.3, -0.25) is 9.78 Å². The predicted octanol–water partition coefficient (Wildman–Crippen LogP) is 1.44. The predicted molar refractivity (Wildman–Crippen MR) is 93.6 cm³/mol. The summed E-state index contributed by atoms with van der Waals surface area (Å²) in [6, 6.07) is 11.6. The smallest absolute Gasteiger partial charge is 0.221 e. The Morgan fingerprint density at radius 1 is 1.12 bits per heavy atom. The number of benzene rings is 1. The number of nitrogens with zero attached hydrogens (tertiary/aromatic N) is 1. The molecule has 130 valence electrons. The Morgan fingerprint density at radius 2 is 1.92 bits per heavy atom. The first-order valence-electron chi connectivity index (χ1n) is 7.61. The molecule has 0 radical (unpaired) electrons. The van der Waals surface area contributed by atoms with E-state index in [1.165, 1.54) is 12.1 Å². The zero-order valence-electron chi connectivity index (χ0n) is 13.5. The summed E-state index contributed by atoms with van der Waals surface area (Å²) in [6.45, 7) is 0.324. The van der Waals surface area contributed by atoms with E-state index in [0.29, 0.717) is 5.75 Å². The van der Waals surface area contributed by atoms with Gasteiger partial charge in [0.25, 0.3) is 0 Å². The molecule has 1 aromatic carbocycles. The highest BCUT2D eigenvalue weighted by Gasteiger charge is 2.15. The van der Waals surface area contributed by atoms with Gasteiger partial charge < -0.3 is 10.1 Å². The van der Waals surface area contributed by atoms with Gasteiger partial charge in [0.05, 0.1) is 23.4 Å². The van der Waals surface area contributed by atoms with Crippen molar-refractivity contribution < 1.29 is 17.9 Å². The second-order valence-electron chi connectivity index (χ2n) is 4.99. The van der Waals surface area contributed by atoms with Crippen LogP contribution in [0.3, 0.4) is 0 Å². The first kappa shape index (κ1) is 18.5. The van der Waals surface area contributed by atoms with Crippen LogP contribution in [0.5, 0.6) is 5.75 Å². The van der Waals surface area contributed by atoms with Gasteiger partial charge in [-0.2, -0.15) is 0 Å². The van der Waals surface area contributed by atoms with Crippen molar-refractivity contribution in [2.45, 2.75) is 11.3 Å². The lowest BCUT2D eigenvalue weighted by Gasteiger charge is -2.04. The third-order valence-electron chi connectivity index (χ3n) is 3.14. The Labute approximate surface area is 147 Å². The maximum Gasteiger partial charge on any atom is 0.221 e. The van der Waals surface area contributed by atoms with Gasteiger partial charge in [-0.15, -0.1) is 0 Å². The molecule has 2 rings (SSSR count). The lowest BCUT2D eigenvalue weighted by Crippen LogP contribution is -2.26. The topological polar surface area (TPSA) is 85.4 Å². The summed E-state index contributed by atoms with van der Waals surface area (Å²) < 4.78 is 29.4. The molecule has 1 heterocycles. The number of carbonyl (C=O) groups excluding carboxylic acids is 1. The molecule has 25 heavy (non-hydrogen) atoms. The highest BCUT2D eigenvalue weighted by molar-refractivity contribution is 7.91. The molecule has 0 atom stereocenters. The van der Waals surface area contributed by atoms with E-state index in [9.17, 15) is 13.2 Å². The highest BCUT2D eigenvalue weighted by atomic mass is 32.2. The summed E-state index contributed by atoms with van der Waals surface area (Å²) in [7, 11) is -3.45. The summed E-state index contributed by atoms with van der Waals surface area (Å²) in [5.74, 6) is 5.52. The number of rotatable bonds is 7. The van der Waals surface area contributed by atoms with E-state index in [1.54, 1.807) is 42.7 Å². The summed E-state index contributed by atoms with van der Waals surface area (Å²) in [5, 5.41) is 2.56. The zero-order valence-corrected chi connectivity index (χ0v) is 14.3. The van der Waals surface area contributed by atoms with Gasteiger partial charge in [-0.1, -0.05) is 30.0 Å². The van der Waals surface area contributed by atoms with Crippen LogP contribution in [0.2, 0.25) is 0 Å². The van der Waals surface area contributed by atoms with Crippen molar-refractivity contribution in [2.75, 3.05) is 18.9 Å². The molecule has 0 aliphatic carbocycles. The Kier molecular flexibility index (Phi) is 6.99. The van der Waals surface area contributed by atoms with Crippen molar-refractivity contribution in [3.63, 3.8) is 0 Å². The summed E-state index contributed by atoms with van der Waals surface area (Å²) in [6.07, 6.45) is 3.12. The van der Waals surface area contributed by atoms with Crippen LogP contribution in [0.15, 0.2) is 59.8 Å². The number of amides is 1. The number of aromatic nitrogens is 1. The molecule has 0 saturated carbocycles. The fraction of sp³-hybridized carbons (Fsp3) is 0.222. The van der Waals surface area contributed by atoms with Crippen LogP contribution in [-0.4, -0.2) is 38.2 Å². The van der Waals surface area contributed by atoms with Crippen LogP contribution in [0.1, 0.15) is 6.42 Å². The van der Waals surface area contributed by atoms with Crippen LogP contribution in [0.4, 0.5) is 0 Å². The van der Waals surface area contributed by atoms with Gasteiger partial charge in [0.2, 0.25) is 5.91 Å². The molecule has 6 nitrogen and oxygen atoms in total. The Bertz CT molecular complexity index is 841. The standard InChI is InChI=1S/C18H18N2O4S/c21-18(10-14-25(22,23)17-8-2-1-3-9-17)20-12-4-5-13-24-16-7-6-11-19-15-16/h1-3,6-9,11,15H,10,12-14H2,(H,20,21). The molecule has 2 aromatic rings.